The third-order valence-corrected chi connectivity index (χ3v) is 4.80. The van der Waals surface area contributed by atoms with Crippen LogP contribution in [0.3, 0.4) is 0 Å². The number of nitrogens with one attached hydrogen (secondary N) is 1. The van der Waals surface area contributed by atoms with Crippen molar-refractivity contribution in [3.63, 3.8) is 0 Å². The van der Waals surface area contributed by atoms with Crippen molar-refractivity contribution in [2.45, 2.75) is 19.8 Å². The van der Waals surface area contributed by atoms with Crippen molar-refractivity contribution < 1.29 is 0 Å². The molecule has 1 unspecified atom stereocenters. The number of hydrogen-bond donors (Lipinski definition) is 1. The van der Waals surface area contributed by atoms with Gasteiger partial charge in [-0.3, -0.25) is 0 Å². The molecule has 3 aromatic rings. The zero-order valence-electron chi connectivity index (χ0n) is 12.1. The first-order valence-corrected chi connectivity index (χ1v) is 8.32. The van der Waals surface area contributed by atoms with Crippen LogP contribution in [-0.4, -0.2) is 24.8 Å². The Morgan fingerprint density at radius 2 is 2.00 bits per heavy atom. The minimum Gasteiger partial charge on any atom is -0.301 e. The molecule has 0 radical (unpaired) electrons. The summed E-state index contributed by atoms with van der Waals surface area (Å²) in [6.45, 7) is 3.88. The van der Waals surface area contributed by atoms with Gasteiger partial charge in [-0.1, -0.05) is 46.6 Å². The van der Waals surface area contributed by atoms with Crippen LogP contribution in [0, 0.1) is 6.92 Å². The second-order valence-corrected chi connectivity index (χ2v) is 6.18. The van der Waals surface area contributed by atoms with E-state index in [-0.39, 0.29) is 10.8 Å². The molecule has 1 aromatic carbocycles. The van der Waals surface area contributed by atoms with Gasteiger partial charge in [0.15, 0.2) is 10.8 Å². The molecular formula is C15H14BrClN4O. The lowest BCUT2D eigenvalue weighted by atomic mass is 10.0. The Kier molecular flexibility index (Phi) is 4.06. The Bertz CT molecular complexity index is 885. The largest absolute Gasteiger partial charge is 0.332 e. The Balaban J connectivity index is 2.18. The maximum atomic E-state index is 12.3. The second-order valence-electron chi connectivity index (χ2n) is 5.17. The van der Waals surface area contributed by atoms with Gasteiger partial charge in [-0.25, -0.2) is 19.3 Å². The molecule has 0 aliphatic carbocycles. The molecule has 2 aromatic heterocycles. The van der Waals surface area contributed by atoms with Crippen LogP contribution in [0.15, 0.2) is 29.1 Å². The van der Waals surface area contributed by atoms with Crippen molar-refractivity contribution in [1.82, 2.24) is 19.5 Å². The smallest absolute Gasteiger partial charge is 0.301 e. The maximum Gasteiger partial charge on any atom is 0.332 e. The van der Waals surface area contributed by atoms with E-state index in [0.717, 1.165) is 11.0 Å². The van der Waals surface area contributed by atoms with E-state index >= 15 is 0 Å². The molecule has 0 amide bonds. The molecule has 3 rings (SSSR count). The number of rotatable bonds is 3. The van der Waals surface area contributed by atoms with Gasteiger partial charge in [-0.15, -0.1) is 0 Å². The first-order valence-electron chi connectivity index (χ1n) is 6.82. The van der Waals surface area contributed by atoms with Gasteiger partial charge in [-0.2, -0.15) is 0 Å². The average Bonchev–Trinajstić information content (AvgIpc) is 2.83. The Hall–Kier alpha value is -1.66. The van der Waals surface area contributed by atoms with Crippen LogP contribution >= 0.6 is 27.5 Å². The summed E-state index contributed by atoms with van der Waals surface area (Å²) in [6.07, 6.45) is 0. The molecule has 0 saturated heterocycles. The van der Waals surface area contributed by atoms with E-state index in [4.69, 9.17) is 11.6 Å². The number of aromatic nitrogens is 4. The van der Waals surface area contributed by atoms with E-state index < -0.39 is 0 Å². The normalized spacial score (nSPS) is 12.7. The monoisotopic (exact) mass is 380 g/mol. The Morgan fingerprint density at radius 3 is 2.64 bits per heavy atom. The molecule has 1 atom stereocenters. The molecule has 2 heterocycles. The molecule has 5 nitrogen and oxygen atoms in total. The number of aryl methyl sites for hydroxylation is 1. The van der Waals surface area contributed by atoms with Gasteiger partial charge in [0.1, 0.15) is 11.3 Å². The lowest BCUT2D eigenvalue weighted by Gasteiger charge is -2.09. The van der Waals surface area contributed by atoms with E-state index in [9.17, 15) is 4.79 Å². The standard InChI is InChI=1S/C15H14BrClN4O/c1-8(7-16)10-3-5-11(6-4-10)21-14-12(20-15(21)22)13(17)18-9(2)19-14/h3-6,8H,7H2,1-2H3,(H,20,22). The van der Waals surface area contributed by atoms with Crippen LogP contribution in [0.2, 0.25) is 5.15 Å². The highest BCUT2D eigenvalue weighted by Crippen LogP contribution is 2.22. The molecule has 114 valence electrons. The van der Waals surface area contributed by atoms with Crippen molar-refractivity contribution in [3.8, 4) is 5.69 Å². The first-order chi connectivity index (χ1) is 10.5. The van der Waals surface area contributed by atoms with Crippen LogP contribution in [0.25, 0.3) is 16.9 Å². The van der Waals surface area contributed by atoms with Gasteiger partial charge in [0, 0.05) is 5.33 Å². The van der Waals surface area contributed by atoms with E-state index in [2.05, 4.69) is 37.8 Å². The van der Waals surface area contributed by atoms with E-state index in [1.54, 1.807) is 6.92 Å². The Labute approximate surface area is 140 Å². The quantitative estimate of drug-likeness (QED) is 0.557. The number of fused-ring (bicyclic) bond motifs is 1. The topological polar surface area (TPSA) is 63.6 Å². The van der Waals surface area contributed by atoms with Gasteiger partial charge in [-0.05, 0) is 30.5 Å². The summed E-state index contributed by atoms with van der Waals surface area (Å²) >= 11 is 9.56. The lowest BCUT2D eigenvalue weighted by Crippen LogP contribution is -2.15. The number of nitrogens with zero attached hydrogens (tertiary/aromatic N) is 3. The number of aromatic amines is 1. The molecule has 22 heavy (non-hydrogen) atoms. The number of H-pyrrole nitrogens is 1. The minimum atomic E-state index is -0.280. The molecule has 0 saturated carbocycles. The number of imidazole rings is 1. The van der Waals surface area contributed by atoms with Crippen LogP contribution in [0.4, 0.5) is 0 Å². The number of alkyl halides is 1. The van der Waals surface area contributed by atoms with E-state index in [0.29, 0.717) is 22.9 Å². The zero-order valence-corrected chi connectivity index (χ0v) is 14.4. The summed E-state index contributed by atoms with van der Waals surface area (Å²) in [4.78, 5) is 23.4. The molecular weight excluding hydrogens is 368 g/mol. The fourth-order valence-corrected chi connectivity index (χ4v) is 2.96. The second kappa shape index (κ2) is 5.85. The summed E-state index contributed by atoms with van der Waals surface area (Å²) in [6, 6.07) is 7.85. The highest BCUT2D eigenvalue weighted by molar-refractivity contribution is 9.09. The molecule has 7 heteroatoms. The molecule has 0 aliphatic rings. The predicted molar refractivity (Wildman–Crippen MR) is 91.4 cm³/mol. The molecule has 0 spiro atoms. The zero-order chi connectivity index (χ0) is 15.9. The van der Waals surface area contributed by atoms with Crippen LogP contribution in [-0.2, 0) is 0 Å². The third kappa shape index (κ3) is 2.57. The van der Waals surface area contributed by atoms with Crippen LogP contribution in [0.5, 0.6) is 0 Å². The lowest BCUT2D eigenvalue weighted by molar-refractivity contribution is 0.885. The Morgan fingerprint density at radius 1 is 1.32 bits per heavy atom. The van der Waals surface area contributed by atoms with Crippen molar-refractivity contribution in [1.29, 1.82) is 0 Å². The minimum absolute atomic E-state index is 0.253. The van der Waals surface area contributed by atoms with E-state index in [1.807, 2.05) is 24.3 Å². The van der Waals surface area contributed by atoms with Crippen molar-refractivity contribution in [2.24, 2.45) is 0 Å². The highest BCUT2D eigenvalue weighted by atomic mass is 79.9. The SMILES string of the molecule is Cc1nc(Cl)c2[nH]c(=O)n(-c3ccc(C(C)CBr)cc3)c2n1. The molecule has 1 N–H and O–H groups in total. The first kappa shape index (κ1) is 15.2. The highest BCUT2D eigenvalue weighted by Gasteiger charge is 2.14. The molecule has 0 fully saturated rings. The summed E-state index contributed by atoms with van der Waals surface area (Å²) in [5.41, 5.74) is 2.62. The molecule has 0 bridgehead atoms. The molecule has 0 aliphatic heterocycles. The van der Waals surface area contributed by atoms with Crippen molar-refractivity contribution in [2.75, 3.05) is 5.33 Å². The summed E-state index contributed by atoms with van der Waals surface area (Å²) in [5, 5.41) is 1.14. The van der Waals surface area contributed by atoms with Crippen LogP contribution < -0.4 is 5.69 Å². The van der Waals surface area contributed by atoms with Crippen LogP contribution in [0.1, 0.15) is 24.2 Å². The summed E-state index contributed by atoms with van der Waals surface area (Å²) in [5.74, 6) is 0.933. The van der Waals surface area contributed by atoms with Crippen molar-refractivity contribution >= 4 is 38.7 Å². The van der Waals surface area contributed by atoms with E-state index in [1.165, 1.54) is 10.1 Å². The van der Waals surface area contributed by atoms with Gasteiger partial charge >= 0.3 is 5.69 Å². The van der Waals surface area contributed by atoms with Gasteiger partial charge in [0.25, 0.3) is 0 Å². The number of benzene rings is 1. The van der Waals surface area contributed by atoms with Gasteiger partial charge < -0.3 is 4.98 Å². The fourth-order valence-electron chi connectivity index (χ4n) is 2.33. The number of hydrogen-bond acceptors (Lipinski definition) is 3. The number of halogens is 2. The maximum absolute atomic E-state index is 12.3. The predicted octanol–water partition coefficient (Wildman–Crippen LogP) is 3.57. The summed E-state index contributed by atoms with van der Waals surface area (Å²) < 4.78 is 1.51. The summed E-state index contributed by atoms with van der Waals surface area (Å²) in [7, 11) is 0. The average molecular weight is 382 g/mol. The van der Waals surface area contributed by atoms with Crippen molar-refractivity contribution in [3.05, 3.63) is 51.3 Å². The fraction of sp³-hybridized carbons (Fsp3) is 0.267. The third-order valence-electron chi connectivity index (χ3n) is 3.56. The van der Waals surface area contributed by atoms with Gasteiger partial charge in [0.05, 0.1) is 5.69 Å². The van der Waals surface area contributed by atoms with Gasteiger partial charge in [0.2, 0.25) is 0 Å².